The van der Waals surface area contributed by atoms with Crippen molar-refractivity contribution in [3.63, 3.8) is 0 Å². The lowest BCUT2D eigenvalue weighted by molar-refractivity contribution is 0.107. The summed E-state index contributed by atoms with van der Waals surface area (Å²) in [5.41, 5.74) is 0.589. The number of piperazine rings is 1. The second kappa shape index (κ2) is 10.4. The molecule has 4 aliphatic rings. The Labute approximate surface area is 238 Å². The van der Waals surface area contributed by atoms with E-state index in [0.717, 1.165) is 50.9 Å². The molecule has 0 unspecified atom stereocenters. The number of terminal acetylenes is 1. The van der Waals surface area contributed by atoms with Gasteiger partial charge in [-0.25, -0.2) is 8.78 Å². The minimum atomic E-state index is -0.838. The average Bonchev–Trinajstić information content (AvgIpc) is 3.61. The number of phenols is 1. The number of rotatable bonds is 7. The maximum atomic E-state index is 14.6. The number of nitrogens with zero attached hydrogens (tertiary/aromatic N) is 5. The third-order valence-electron chi connectivity index (χ3n) is 9.28. The van der Waals surface area contributed by atoms with Gasteiger partial charge in [0.15, 0.2) is 0 Å². The van der Waals surface area contributed by atoms with Crippen molar-refractivity contribution in [1.82, 2.24) is 25.2 Å². The van der Waals surface area contributed by atoms with Gasteiger partial charge in [-0.3, -0.25) is 4.90 Å². The summed E-state index contributed by atoms with van der Waals surface area (Å²) in [7, 11) is 0. The van der Waals surface area contributed by atoms with Crippen molar-refractivity contribution in [2.45, 2.75) is 68.7 Å². The molecule has 0 saturated carbocycles. The number of halogens is 2. The molecule has 2 bridgehead atoms. The van der Waals surface area contributed by atoms with Gasteiger partial charge in [-0.2, -0.15) is 15.0 Å². The molecule has 214 valence electrons. The van der Waals surface area contributed by atoms with Crippen molar-refractivity contribution in [3.8, 4) is 24.1 Å². The van der Waals surface area contributed by atoms with E-state index in [-0.39, 0.29) is 22.9 Å². The van der Waals surface area contributed by atoms with E-state index in [1.165, 1.54) is 6.07 Å². The Kier molecular flexibility index (Phi) is 6.67. The van der Waals surface area contributed by atoms with Crippen LogP contribution in [0, 0.1) is 18.2 Å². The Hall–Kier alpha value is -3.55. The molecule has 4 saturated heterocycles. The number of ether oxygens (including phenoxy) is 1. The first kappa shape index (κ1) is 26.4. The summed E-state index contributed by atoms with van der Waals surface area (Å²) >= 11 is 0. The summed E-state index contributed by atoms with van der Waals surface area (Å²) in [5, 5.41) is 15.3. The minimum Gasteiger partial charge on any atom is -0.508 e. The lowest BCUT2D eigenvalue weighted by Gasteiger charge is -2.33. The van der Waals surface area contributed by atoms with Crippen LogP contribution in [0.1, 0.15) is 49.1 Å². The molecular weight excluding hydrogens is 526 g/mol. The van der Waals surface area contributed by atoms with E-state index in [4.69, 9.17) is 21.1 Å². The molecule has 3 aromatic rings. The zero-order valence-electron chi connectivity index (χ0n) is 23.0. The molecule has 8 nitrogen and oxygen atoms in total. The monoisotopic (exact) mass is 560 g/mol. The summed E-state index contributed by atoms with van der Waals surface area (Å²) in [4.78, 5) is 18.6. The van der Waals surface area contributed by atoms with Crippen LogP contribution in [0.4, 0.5) is 14.7 Å². The SMILES string of the molecule is C#Cc1c(F)ccc2cc(O)cc(CCc3nc(OC[C@@]45CCCN4C[C@H](F)C5)nc(N4C[C@H]5CC[C@@H](C4)N5)n3)c12. The van der Waals surface area contributed by atoms with Crippen LogP contribution in [-0.4, -0.2) is 81.5 Å². The van der Waals surface area contributed by atoms with Gasteiger partial charge in [-0.15, -0.1) is 6.42 Å². The number of benzene rings is 2. The van der Waals surface area contributed by atoms with Crippen molar-refractivity contribution >= 4 is 16.7 Å². The number of hydrogen-bond acceptors (Lipinski definition) is 8. The zero-order chi connectivity index (χ0) is 28.1. The van der Waals surface area contributed by atoms with Crippen molar-refractivity contribution in [3.05, 3.63) is 47.0 Å². The highest BCUT2D eigenvalue weighted by Gasteiger charge is 2.49. The average molecular weight is 561 g/mol. The first-order chi connectivity index (χ1) is 19.9. The second-order valence-electron chi connectivity index (χ2n) is 12.0. The number of aromatic hydroxyl groups is 1. The Morgan fingerprint density at radius 3 is 2.76 bits per heavy atom. The normalized spacial score (nSPS) is 27.3. The van der Waals surface area contributed by atoms with Gasteiger partial charge < -0.3 is 20.1 Å². The number of aryl methyl sites for hydroxylation is 2. The Morgan fingerprint density at radius 1 is 1.12 bits per heavy atom. The molecule has 4 fully saturated rings. The molecule has 4 aliphatic heterocycles. The minimum absolute atomic E-state index is 0.0850. The lowest BCUT2D eigenvalue weighted by Crippen LogP contribution is -2.51. The first-order valence-electron chi connectivity index (χ1n) is 14.6. The van der Waals surface area contributed by atoms with Gasteiger partial charge in [0.05, 0.1) is 11.1 Å². The number of hydrogen-bond donors (Lipinski definition) is 2. The number of fused-ring (bicyclic) bond motifs is 4. The van der Waals surface area contributed by atoms with Gasteiger partial charge in [0.25, 0.3) is 0 Å². The molecule has 0 spiro atoms. The summed E-state index contributed by atoms with van der Waals surface area (Å²) in [5.74, 6) is 3.21. The molecule has 0 aliphatic carbocycles. The van der Waals surface area contributed by atoms with Crippen molar-refractivity contribution in [2.24, 2.45) is 0 Å². The van der Waals surface area contributed by atoms with Crippen LogP contribution in [0.5, 0.6) is 11.8 Å². The topological polar surface area (TPSA) is 86.6 Å². The van der Waals surface area contributed by atoms with Crippen LogP contribution in [0.25, 0.3) is 10.8 Å². The van der Waals surface area contributed by atoms with Gasteiger partial charge in [0.2, 0.25) is 5.95 Å². The van der Waals surface area contributed by atoms with Crippen LogP contribution >= 0.6 is 0 Å². The molecule has 41 heavy (non-hydrogen) atoms. The Balaban J connectivity index is 1.19. The number of anilines is 1. The number of phenolic OH excluding ortho intramolecular Hbond substituents is 1. The van der Waals surface area contributed by atoms with Crippen LogP contribution < -0.4 is 15.0 Å². The van der Waals surface area contributed by atoms with E-state index in [1.807, 2.05) is 0 Å². The van der Waals surface area contributed by atoms with Crippen molar-refractivity contribution in [1.29, 1.82) is 0 Å². The summed E-state index contributed by atoms with van der Waals surface area (Å²) in [6.45, 7) is 3.30. The third kappa shape index (κ3) is 4.95. The molecule has 7 rings (SSSR count). The number of aromatic nitrogens is 3. The molecule has 0 amide bonds. The van der Waals surface area contributed by atoms with Gasteiger partial charge in [-0.1, -0.05) is 12.0 Å². The van der Waals surface area contributed by atoms with E-state index in [1.54, 1.807) is 18.2 Å². The Bertz CT molecular complexity index is 1520. The molecule has 5 heterocycles. The standard InChI is InChI=1S/C31H34F2N6O2/c1-2-25-26(33)8-4-19-12-24(40)13-20(28(19)25)5-9-27-35-29(38-16-22-6-7-23(17-38)34-22)37-30(36-27)41-18-31-10-3-11-39(31)15-21(32)14-31/h1,4,8,12-13,21-23,34,40H,3,5-7,9-11,14-18H2/t21-,22-,23+,31+/m1/s1. The molecule has 2 aromatic carbocycles. The zero-order valence-corrected chi connectivity index (χ0v) is 23.0. The first-order valence-corrected chi connectivity index (χ1v) is 14.6. The smallest absolute Gasteiger partial charge is 0.321 e. The van der Waals surface area contributed by atoms with Crippen LogP contribution in [-0.2, 0) is 12.8 Å². The third-order valence-corrected chi connectivity index (χ3v) is 9.28. The van der Waals surface area contributed by atoms with Crippen molar-refractivity contribution in [2.75, 3.05) is 37.7 Å². The van der Waals surface area contributed by atoms with Gasteiger partial charge in [0.1, 0.15) is 30.2 Å². The highest BCUT2D eigenvalue weighted by Crippen LogP contribution is 2.40. The summed E-state index contributed by atoms with van der Waals surface area (Å²) in [6, 6.07) is 7.20. The molecule has 1 aromatic heterocycles. The second-order valence-corrected chi connectivity index (χ2v) is 12.0. The predicted molar refractivity (Wildman–Crippen MR) is 151 cm³/mol. The predicted octanol–water partition coefficient (Wildman–Crippen LogP) is 3.53. The van der Waals surface area contributed by atoms with Gasteiger partial charge in [-0.05, 0) is 67.8 Å². The highest BCUT2D eigenvalue weighted by molar-refractivity contribution is 5.92. The molecule has 10 heteroatoms. The quantitative estimate of drug-likeness (QED) is 0.425. The molecule has 4 atom stereocenters. The fourth-order valence-corrected chi connectivity index (χ4v) is 7.41. The lowest BCUT2D eigenvalue weighted by atomic mass is 9.95. The van der Waals surface area contributed by atoms with Crippen LogP contribution in [0.3, 0.4) is 0 Å². The molecular formula is C31H34F2N6O2. The van der Waals surface area contributed by atoms with Gasteiger partial charge in [0, 0.05) is 49.9 Å². The molecule has 2 N–H and O–H groups in total. The number of alkyl halides is 1. The van der Waals surface area contributed by atoms with Crippen LogP contribution in [0.2, 0.25) is 0 Å². The van der Waals surface area contributed by atoms with E-state index in [9.17, 15) is 13.9 Å². The van der Waals surface area contributed by atoms with E-state index < -0.39 is 12.0 Å². The van der Waals surface area contributed by atoms with E-state index in [0.29, 0.717) is 67.0 Å². The highest BCUT2D eigenvalue weighted by atomic mass is 19.1. The number of nitrogens with one attached hydrogen (secondary N) is 1. The summed E-state index contributed by atoms with van der Waals surface area (Å²) in [6.07, 6.45) is 10.3. The van der Waals surface area contributed by atoms with E-state index >= 15 is 0 Å². The Morgan fingerprint density at radius 2 is 1.95 bits per heavy atom. The van der Waals surface area contributed by atoms with Crippen LogP contribution in [0.15, 0.2) is 24.3 Å². The van der Waals surface area contributed by atoms with E-state index in [2.05, 4.69) is 26.0 Å². The van der Waals surface area contributed by atoms with Crippen molar-refractivity contribution < 1.29 is 18.6 Å². The molecule has 0 radical (unpaired) electrons. The fraction of sp³-hybridized carbons (Fsp3) is 0.516. The largest absolute Gasteiger partial charge is 0.508 e. The van der Waals surface area contributed by atoms with Gasteiger partial charge >= 0.3 is 6.01 Å². The maximum absolute atomic E-state index is 14.6. The summed E-state index contributed by atoms with van der Waals surface area (Å²) < 4.78 is 35.2. The fourth-order valence-electron chi connectivity index (χ4n) is 7.41. The maximum Gasteiger partial charge on any atom is 0.321 e.